The van der Waals surface area contributed by atoms with Gasteiger partial charge in [0.2, 0.25) is 0 Å². The molecule has 2 aromatic rings. The predicted molar refractivity (Wildman–Crippen MR) is 107 cm³/mol. The van der Waals surface area contributed by atoms with Crippen LogP contribution in [0, 0.1) is 12.7 Å². The van der Waals surface area contributed by atoms with Gasteiger partial charge in [0.1, 0.15) is 11.5 Å². The third-order valence-electron chi connectivity index (χ3n) is 5.83. The summed E-state index contributed by atoms with van der Waals surface area (Å²) in [7, 11) is -3.20. The van der Waals surface area contributed by atoms with Gasteiger partial charge in [-0.3, -0.25) is 9.69 Å². The Labute approximate surface area is 169 Å². The molecule has 1 aromatic heterocycles. The van der Waals surface area contributed by atoms with E-state index in [0.29, 0.717) is 11.3 Å². The van der Waals surface area contributed by atoms with E-state index in [1.165, 1.54) is 16.9 Å². The number of hydrogen-bond donors (Lipinski definition) is 1. The molecule has 2 aliphatic heterocycles. The fourth-order valence-corrected chi connectivity index (χ4v) is 6.27. The highest BCUT2D eigenvalue weighted by Crippen LogP contribution is 2.23. The smallest absolute Gasteiger partial charge is 0.255 e. The monoisotopic (exact) mass is 420 g/mol. The summed E-state index contributed by atoms with van der Waals surface area (Å²) in [5, 5.41) is 7.08. The minimum Gasteiger partial charge on any atom is -0.347 e. The third kappa shape index (κ3) is 4.06. The highest BCUT2D eigenvalue weighted by Gasteiger charge is 2.42. The number of nitrogens with zero attached hydrogens (tertiary/aromatic N) is 3. The molecular weight excluding hydrogens is 395 g/mol. The van der Waals surface area contributed by atoms with Crippen LogP contribution in [0.5, 0.6) is 0 Å². The highest BCUT2D eigenvalue weighted by molar-refractivity contribution is 7.91. The van der Waals surface area contributed by atoms with Crippen LogP contribution in [0.1, 0.15) is 35.3 Å². The Kier molecular flexibility index (Phi) is 5.44. The van der Waals surface area contributed by atoms with Crippen molar-refractivity contribution in [2.24, 2.45) is 0 Å². The number of amides is 1. The molecule has 4 rings (SSSR count). The van der Waals surface area contributed by atoms with E-state index in [9.17, 15) is 17.6 Å². The number of likely N-dealkylation sites (tertiary alicyclic amines) is 1. The van der Waals surface area contributed by atoms with Crippen molar-refractivity contribution in [3.8, 4) is 5.69 Å². The number of benzene rings is 1. The van der Waals surface area contributed by atoms with E-state index < -0.39 is 21.7 Å². The van der Waals surface area contributed by atoms with Crippen molar-refractivity contribution < 1.29 is 17.6 Å². The molecule has 1 N–H and O–H groups in total. The topological polar surface area (TPSA) is 84.3 Å². The van der Waals surface area contributed by atoms with E-state index in [1.807, 2.05) is 0 Å². The maximum atomic E-state index is 14.1. The van der Waals surface area contributed by atoms with Crippen LogP contribution >= 0.6 is 0 Å². The summed E-state index contributed by atoms with van der Waals surface area (Å²) in [4.78, 5) is 15.1. The molecule has 1 aromatic carbocycles. The molecule has 1 amide bonds. The van der Waals surface area contributed by atoms with Crippen LogP contribution in [0.25, 0.3) is 5.69 Å². The van der Waals surface area contributed by atoms with Crippen molar-refractivity contribution in [2.75, 3.05) is 24.6 Å². The lowest BCUT2D eigenvalue weighted by atomic mass is 10.0. The van der Waals surface area contributed by atoms with Crippen molar-refractivity contribution in [3.63, 3.8) is 0 Å². The number of carbonyl (C=O) groups excluding carboxylic acids is 1. The number of carbonyl (C=O) groups is 1. The summed E-state index contributed by atoms with van der Waals surface area (Å²) in [6.07, 6.45) is 4.65. The summed E-state index contributed by atoms with van der Waals surface area (Å²) in [6.45, 7) is 3.41. The van der Waals surface area contributed by atoms with Crippen molar-refractivity contribution in [1.82, 2.24) is 20.0 Å². The Morgan fingerprint density at radius 1 is 1.17 bits per heavy atom. The molecule has 2 unspecified atom stereocenters. The average Bonchev–Trinajstić information content (AvgIpc) is 3.22. The molecule has 3 heterocycles. The summed E-state index contributed by atoms with van der Waals surface area (Å²) in [5.74, 6) is -0.793. The molecular formula is C20H25FN4O3S. The second-order valence-corrected chi connectivity index (χ2v) is 9.98. The first-order chi connectivity index (χ1) is 13.9. The zero-order valence-electron chi connectivity index (χ0n) is 16.3. The van der Waals surface area contributed by atoms with Crippen LogP contribution in [-0.2, 0) is 9.84 Å². The van der Waals surface area contributed by atoms with Gasteiger partial charge in [-0.1, -0.05) is 18.6 Å². The molecule has 2 saturated heterocycles. The number of para-hydroxylation sites is 1. The van der Waals surface area contributed by atoms with Crippen LogP contribution in [-0.4, -0.2) is 65.7 Å². The molecule has 0 radical (unpaired) electrons. The van der Waals surface area contributed by atoms with Gasteiger partial charge < -0.3 is 5.32 Å². The minimum absolute atomic E-state index is 0.0552. The molecule has 2 fully saturated rings. The summed E-state index contributed by atoms with van der Waals surface area (Å²) in [5.41, 5.74) is 1.08. The standard InChI is InChI=1S/C20H25FN4O3S/c1-14-15(11-22-25(14)18-8-4-3-7-16(18)21)20(26)23-17-12-29(27,28)13-19(17)24-9-5-2-6-10-24/h3-4,7-8,11,17,19H,2,5-6,9-10,12-13H2,1H3,(H,23,26). The van der Waals surface area contributed by atoms with E-state index in [1.54, 1.807) is 25.1 Å². The van der Waals surface area contributed by atoms with E-state index >= 15 is 0 Å². The fraction of sp³-hybridized carbons (Fsp3) is 0.500. The minimum atomic E-state index is -3.20. The lowest BCUT2D eigenvalue weighted by Crippen LogP contribution is -2.52. The lowest BCUT2D eigenvalue weighted by molar-refractivity contribution is 0.0899. The van der Waals surface area contributed by atoms with E-state index in [2.05, 4.69) is 15.3 Å². The van der Waals surface area contributed by atoms with Crippen LogP contribution in [0.15, 0.2) is 30.5 Å². The SMILES string of the molecule is Cc1c(C(=O)NC2CS(=O)(=O)CC2N2CCCCC2)cnn1-c1ccccc1F. The molecule has 7 nitrogen and oxygen atoms in total. The third-order valence-corrected chi connectivity index (χ3v) is 7.55. The van der Waals surface area contributed by atoms with E-state index in [-0.39, 0.29) is 29.1 Å². The van der Waals surface area contributed by atoms with Crippen molar-refractivity contribution in [3.05, 3.63) is 47.5 Å². The van der Waals surface area contributed by atoms with Gasteiger partial charge in [-0.05, 0) is 45.0 Å². The maximum absolute atomic E-state index is 14.1. The summed E-state index contributed by atoms with van der Waals surface area (Å²) in [6, 6.07) is 5.56. The van der Waals surface area contributed by atoms with Gasteiger partial charge in [0.15, 0.2) is 9.84 Å². The van der Waals surface area contributed by atoms with Gasteiger partial charge in [-0.2, -0.15) is 5.10 Å². The number of rotatable bonds is 4. The Balaban J connectivity index is 1.55. The zero-order valence-corrected chi connectivity index (χ0v) is 17.2. The van der Waals surface area contributed by atoms with Gasteiger partial charge >= 0.3 is 0 Å². The number of nitrogens with one attached hydrogen (secondary N) is 1. The molecule has 0 saturated carbocycles. The van der Waals surface area contributed by atoms with Crippen LogP contribution < -0.4 is 5.32 Å². The Morgan fingerprint density at radius 2 is 1.90 bits per heavy atom. The first-order valence-corrected chi connectivity index (χ1v) is 11.7. The van der Waals surface area contributed by atoms with Gasteiger partial charge in [-0.15, -0.1) is 0 Å². The fourth-order valence-electron chi connectivity index (χ4n) is 4.32. The normalized spacial score (nSPS) is 24.5. The van der Waals surface area contributed by atoms with Gasteiger partial charge in [0.05, 0.1) is 35.0 Å². The van der Waals surface area contributed by atoms with Crippen LogP contribution in [0.2, 0.25) is 0 Å². The van der Waals surface area contributed by atoms with Gasteiger partial charge in [0, 0.05) is 6.04 Å². The Morgan fingerprint density at radius 3 is 2.62 bits per heavy atom. The van der Waals surface area contributed by atoms with Crippen molar-refractivity contribution >= 4 is 15.7 Å². The molecule has 9 heteroatoms. The average molecular weight is 421 g/mol. The van der Waals surface area contributed by atoms with Gasteiger partial charge in [0.25, 0.3) is 5.91 Å². The van der Waals surface area contributed by atoms with Crippen LogP contribution in [0.4, 0.5) is 4.39 Å². The summed E-state index contributed by atoms with van der Waals surface area (Å²) >= 11 is 0. The summed E-state index contributed by atoms with van der Waals surface area (Å²) < 4.78 is 40.0. The number of halogens is 1. The number of aromatic nitrogens is 2. The number of hydrogen-bond acceptors (Lipinski definition) is 5. The van der Waals surface area contributed by atoms with E-state index in [4.69, 9.17) is 0 Å². The molecule has 0 aliphatic carbocycles. The lowest BCUT2D eigenvalue weighted by Gasteiger charge is -2.35. The largest absolute Gasteiger partial charge is 0.347 e. The first kappa shape index (κ1) is 20.0. The second kappa shape index (κ2) is 7.87. The maximum Gasteiger partial charge on any atom is 0.255 e. The van der Waals surface area contributed by atoms with Crippen molar-refractivity contribution in [2.45, 2.75) is 38.3 Å². The first-order valence-electron chi connectivity index (χ1n) is 9.90. The van der Waals surface area contributed by atoms with E-state index in [0.717, 1.165) is 32.4 Å². The highest BCUT2D eigenvalue weighted by atomic mass is 32.2. The molecule has 156 valence electrons. The quantitative estimate of drug-likeness (QED) is 0.814. The van der Waals surface area contributed by atoms with Crippen molar-refractivity contribution in [1.29, 1.82) is 0 Å². The number of sulfone groups is 1. The predicted octanol–water partition coefficient (Wildman–Crippen LogP) is 1.70. The second-order valence-electron chi connectivity index (χ2n) is 7.83. The molecule has 29 heavy (non-hydrogen) atoms. The molecule has 2 atom stereocenters. The molecule has 0 spiro atoms. The molecule has 2 aliphatic rings. The van der Waals surface area contributed by atoms with Gasteiger partial charge in [-0.25, -0.2) is 17.5 Å². The van der Waals surface area contributed by atoms with Crippen LogP contribution in [0.3, 0.4) is 0 Å². The number of piperidine rings is 1. The molecule has 0 bridgehead atoms. The Bertz CT molecular complexity index is 1010. The zero-order chi connectivity index (χ0) is 20.6. The Hall–Kier alpha value is -2.26.